The first-order valence-electron chi connectivity index (χ1n) is 10.6. The molecule has 3 aliphatic heterocycles. The Morgan fingerprint density at radius 1 is 1.00 bits per heavy atom. The second-order valence-electron chi connectivity index (χ2n) is 8.28. The van der Waals surface area contributed by atoms with E-state index < -0.39 is 29.9 Å². The van der Waals surface area contributed by atoms with E-state index in [1.807, 2.05) is 6.07 Å². The largest absolute Gasteiger partial charge is 0.490 e. The molecule has 1 saturated heterocycles. The minimum absolute atomic E-state index is 0.151. The number of hydrogen-bond donors (Lipinski definition) is 2. The zero-order valence-electron chi connectivity index (χ0n) is 18.0. The number of amides is 4. The van der Waals surface area contributed by atoms with Crippen LogP contribution in [-0.2, 0) is 16.0 Å². The molecule has 1 fully saturated rings. The average Bonchev–Trinajstić information content (AvgIpc) is 3.22. The van der Waals surface area contributed by atoms with Gasteiger partial charge in [0.1, 0.15) is 12.1 Å². The van der Waals surface area contributed by atoms with Gasteiger partial charge in [-0.2, -0.15) is 0 Å². The number of hydrogen-bond acceptors (Lipinski definition) is 7. The lowest BCUT2D eigenvalue weighted by atomic mass is 9.92. The molecule has 0 aromatic heterocycles. The number of carbonyl (C=O) groups is 3. The van der Waals surface area contributed by atoms with Crippen LogP contribution in [-0.4, -0.2) is 54.8 Å². The zero-order valence-corrected chi connectivity index (χ0v) is 18.0. The number of carbonyl (C=O) groups excluding carboxylic acids is 3. The van der Waals surface area contributed by atoms with Crippen molar-refractivity contribution in [1.82, 2.24) is 10.2 Å². The molecule has 4 amide bonds. The molecular formula is C23H23N3O7. The molecule has 0 radical (unpaired) electrons. The number of ether oxygens (including phenoxy) is 4. The molecule has 2 aromatic rings. The Hall–Kier alpha value is -3.95. The van der Waals surface area contributed by atoms with E-state index in [4.69, 9.17) is 18.9 Å². The van der Waals surface area contributed by atoms with E-state index in [-0.39, 0.29) is 13.2 Å². The van der Waals surface area contributed by atoms with Crippen LogP contribution in [0.4, 0.5) is 10.5 Å². The Labute approximate surface area is 189 Å². The summed E-state index contributed by atoms with van der Waals surface area (Å²) in [6.45, 7) is 2.47. The molecule has 0 bridgehead atoms. The van der Waals surface area contributed by atoms with Crippen molar-refractivity contribution in [1.29, 1.82) is 0 Å². The van der Waals surface area contributed by atoms with Crippen molar-refractivity contribution in [2.24, 2.45) is 0 Å². The highest BCUT2D eigenvalue weighted by atomic mass is 16.7. The van der Waals surface area contributed by atoms with Crippen LogP contribution in [0, 0.1) is 0 Å². The first-order chi connectivity index (χ1) is 15.9. The lowest BCUT2D eigenvalue weighted by Gasteiger charge is -2.22. The summed E-state index contributed by atoms with van der Waals surface area (Å²) in [5, 5.41) is 5.42. The molecule has 1 unspecified atom stereocenters. The lowest BCUT2D eigenvalue weighted by molar-refractivity contribution is -0.133. The van der Waals surface area contributed by atoms with Gasteiger partial charge in [-0.3, -0.25) is 14.5 Å². The Kier molecular flexibility index (Phi) is 5.20. The maximum Gasteiger partial charge on any atom is 0.325 e. The standard InChI is InChI=1S/C23H23N3O7/c1-23(11-14-3-5-17-18(9-14)33-13-32-17)21(28)26(22(29)25-23)12-20(27)24-15-4-6-16-19(10-15)31-8-2-7-30-16/h3-6,9-10H,2,7-8,11-13H2,1H3,(H,24,27)(H,25,29). The number of benzene rings is 2. The average molecular weight is 453 g/mol. The summed E-state index contributed by atoms with van der Waals surface area (Å²) in [5.41, 5.74) is 0.105. The number of urea groups is 1. The van der Waals surface area contributed by atoms with Crippen molar-refractivity contribution in [3.63, 3.8) is 0 Å². The topological polar surface area (TPSA) is 115 Å². The van der Waals surface area contributed by atoms with Gasteiger partial charge in [0.25, 0.3) is 5.91 Å². The van der Waals surface area contributed by atoms with Gasteiger partial charge >= 0.3 is 6.03 Å². The molecule has 10 nitrogen and oxygen atoms in total. The Bertz CT molecular complexity index is 1140. The van der Waals surface area contributed by atoms with E-state index in [1.165, 1.54) is 0 Å². The van der Waals surface area contributed by atoms with Crippen LogP contribution in [0.15, 0.2) is 36.4 Å². The van der Waals surface area contributed by atoms with E-state index in [0.717, 1.165) is 16.9 Å². The third kappa shape index (κ3) is 4.11. The number of rotatable bonds is 5. The van der Waals surface area contributed by atoms with Crippen molar-refractivity contribution < 1.29 is 33.3 Å². The fraction of sp³-hybridized carbons (Fsp3) is 0.348. The minimum atomic E-state index is -1.18. The van der Waals surface area contributed by atoms with Gasteiger partial charge < -0.3 is 29.6 Å². The molecule has 0 saturated carbocycles. The summed E-state index contributed by atoms with van der Waals surface area (Å²) in [4.78, 5) is 39.1. The van der Waals surface area contributed by atoms with Gasteiger partial charge in [0.15, 0.2) is 23.0 Å². The summed E-state index contributed by atoms with van der Waals surface area (Å²) >= 11 is 0. The highest BCUT2D eigenvalue weighted by Gasteiger charge is 2.48. The third-order valence-corrected chi connectivity index (χ3v) is 5.67. The summed E-state index contributed by atoms with van der Waals surface area (Å²) in [7, 11) is 0. The molecule has 172 valence electrons. The number of imide groups is 1. The van der Waals surface area contributed by atoms with Crippen LogP contribution in [0.5, 0.6) is 23.0 Å². The van der Waals surface area contributed by atoms with E-state index in [0.29, 0.717) is 41.9 Å². The van der Waals surface area contributed by atoms with E-state index >= 15 is 0 Å². The van der Waals surface area contributed by atoms with Crippen molar-refractivity contribution in [3.05, 3.63) is 42.0 Å². The number of nitrogens with zero attached hydrogens (tertiary/aromatic N) is 1. The van der Waals surface area contributed by atoms with Crippen LogP contribution >= 0.6 is 0 Å². The van der Waals surface area contributed by atoms with Gasteiger partial charge in [0, 0.05) is 24.6 Å². The maximum atomic E-state index is 13.1. The quantitative estimate of drug-likeness (QED) is 0.666. The summed E-state index contributed by atoms with van der Waals surface area (Å²) in [6.07, 6.45) is 1.02. The molecule has 10 heteroatoms. The van der Waals surface area contributed by atoms with Crippen LogP contribution in [0.2, 0.25) is 0 Å². The molecule has 3 heterocycles. The maximum absolute atomic E-state index is 13.1. The van der Waals surface area contributed by atoms with Gasteiger partial charge in [0.2, 0.25) is 12.7 Å². The van der Waals surface area contributed by atoms with Crippen molar-refractivity contribution >= 4 is 23.5 Å². The highest BCUT2D eigenvalue weighted by Crippen LogP contribution is 2.34. The fourth-order valence-electron chi connectivity index (χ4n) is 4.05. The molecular weight excluding hydrogens is 430 g/mol. The van der Waals surface area contributed by atoms with Gasteiger partial charge in [0.05, 0.1) is 13.2 Å². The van der Waals surface area contributed by atoms with Crippen LogP contribution in [0.1, 0.15) is 18.9 Å². The van der Waals surface area contributed by atoms with Crippen LogP contribution in [0.25, 0.3) is 0 Å². The summed E-state index contributed by atoms with van der Waals surface area (Å²) < 4.78 is 21.9. The normalized spacial score (nSPS) is 20.9. The van der Waals surface area contributed by atoms with Crippen LogP contribution in [0.3, 0.4) is 0 Å². The Morgan fingerprint density at radius 3 is 2.55 bits per heavy atom. The minimum Gasteiger partial charge on any atom is -0.490 e. The molecule has 0 aliphatic carbocycles. The SMILES string of the molecule is CC1(Cc2ccc3c(c2)OCO3)NC(=O)N(CC(=O)Nc2ccc3c(c2)OCCCO3)C1=O. The predicted molar refractivity (Wildman–Crippen MR) is 116 cm³/mol. The summed E-state index contributed by atoms with van der Waals surface area (Å²) in [5.74, 6) is 1.41. The van der Waals surface area contributed by atoms with Gasteiger partial charge in [-0.05, 0) is 36.8 Å². The number of fused-ring (bicyclic) bond motifs is 2. The smallest absolute Gasteiger partial charge is 0.325 e. The fourth-order valence-corrected chi connectivity index (χ4v) is 4.05. The summed E-state index contributed by atoms with van der Waals surface area (Å²) in [6, 6.07) is 9.81. The van der Waals surface area contributed by atoms with Crippen molar-refractivity contribution in [2.45, 2.75) is 25.3 Å². The third-order valence-electron chi connectivity index (χ3n) is 5.67. The van der Waals surface area contributed by atoms with Gasteiger partial charge in [-0.25, -0.2) is 4.79 Å². The van der Waals surface area contributed by atoms with E-state index in [9.17, 15) is 14.4 Å². The Balaban J connectivity index is 1.24. The van der Waals surface area contributed by atoms with E-state index in [2.05, 4.69) is 10.6 Å². The first kappa shape index (κ1) is 20.9. The molecule has 0 spiro atoms. The Morgan fingerprint density at radius 2 is 1.70 bits per heavy atom. The molecule has 3 aliphatic rings. The molecule has 2 aromatic carbocycles. The highest BCUT2D eigenvalue weighted by molar-refractivity contribution is 6.10. The van der Waals surface area contributed by atoms with Gasteiger partial charge in [-0.15, -0.1) is 0 Å². The molecule has 33 heavy (non-hydrogen) atoms. The van der Waals surface area contributed by atoms with Crippen LogP contribution < -0.4 is 29.6 Å². The lowest BCUT2D eigenvalue weighted by Crippen LogP contribution is -2.46. The van der Waals surface area contributed by atoms with Crippen molar-refractivity contribution in [3.8, 4) is 23.0 Å². The zero-order chi connectivity index (χ0) is 23.0. The predicted octanol–water partition coefficient (Wildman–Crippen LogP) is 2.07. The molecule has 1 atom stereocenters. The number of anilines is 1. The second-order valence-corrected chi connectivity index (χ2v) is 8.28. The van der Waals surface area contributed by atoms with E-state index in [1.54, 1.807) is 37.3 Å². The number of nitrogens with one attached hydrogen (secondary N) is 2. The monoisotopic (exact) mass is 453 g/mol. The van der Waals surface area contributed by atoms with Gasteiger partial charge in [-0.1, -0.05) is 6.07 Å². The van der Waals surface area contributed by atoms with Crippen molar-refractivity contribution in [2.75, 3.05) is 31.9 Å². The second kappa shape index (κ2) is 8.19. The molecule has 2 N–H and O–H groups in total. The first-order valence-corrected chi connectivity index (χ1v) is 10.6. The molecule has 5 rings (SSSR count).